The van der Waals surface area contributed by atoms with Gasteiger partial charge in [0.05, 0.1) is 0 Å². The number of hydrogen-bond donors (Lipinski definition) is 0. The standard InChI is InChI=1S/C11H18O/c1-4-11(7-5-6-8-11)10(12)9(2)3/h2,4-8H2,1,3H3. The molecule has 1 nitrogen and oxygen atoms in total. The van der Waals surface area contributed by atoms with Crippen LogP contribution in [-0.4, -0.2) is 5.78 Å². The minimum Gasteiger partial charge on any atom is -0.294 e. The summed E-state index contributed by atoms with van der Waals surface area (Å²) in [7, 11) is 0. The molecule has 1 saturated carbocycles. The van der Waals surface area contributed by atoms with Crippen molar-refractivity contribution in [2.45, 2.75) is 46.0 Å². The molecule has 0 bridgehead atoms. The molecule has 0 aromatic carbocycles. The van der Waals surface area contributed by atoms with Crippen LogP contribution in [0.5, 0.6) is 0 Å². The zero-order valence-electron chi connectivity index (χ0n) is 8.15. The van der Waals surface area contributed by atoms with Crippen molar-refractivity contribution in [3.05, 3.63) is 12.2 Å². The number of hydrogen-bond acceptors (Lipinski definition) is 1. The Kier molecular flexibility index (Phi) is 2.71. The summed E-state index contributed by atoms with van der Waals surface area (Å²) in [6.45, 7) is 7.69. The Labute approximate surface area is 74.9 Å². The van der Waals surface area contributed by atoms with E-state index in [9.17, 15) is 4.79 Å². The summed E-state index contributed by atoms with van der Waals surface area (Å²) in [5.41, 5.74) is 0.713. The minimum absolute atomic E-state index is 0.0220. The van der Waals surface area contributed by atoms with Crippen LogP contribution in [0, 0.1) is 5.41 Å². The van der Waals surface area contributed by atoms with Crippen LogP contribution in [0.15, 0.2) is 12.2 Å². The molecule has 68 valence electrons. The number of ketones is 1. The van der Waals surface area contributed by atoms with E-state index < -0.39 is 0 Å². The summed E-state index contributed by atoms with van der Waals surface area (Å²) in [5, 5.41) is 0. The first kappa shape index (κ1) is 9.50. The highest BCUT2D eigenvalue weighted by molar-refractivity contribution is 5.98. The first-order valence-electron chi connectivity index (χ1n) is 4.83. The highest BCUT2D eigenvalue weighted by atomic mass is 16.1. The zero-order valence-corrected chi connectivity index (χ0v) is 8.15. The number of rotatable bonds is 3. The molecule has 0 atom stereocenters. The van der Waals surface area contributed by atoms with Gasteiger partial charge in [-0.05, 0) is 31.8 Å². The molecule has 0 radical (unpaired) electrons. The maximum Gasteiger partial charge on any atom is 0.164 e. The Bertz CT molecular complexity index is 197. The first-order valence-corrected chi connectivity index (χ1v) is 4.83. The molecule has 1 aliphatic rings. The van der Waals surface area contributed by atoms with Crippen LogP contribution in [-0.2, 0) is 4.79 Å². The molecule has 1 rings (SSSR count). The second-order valence-corrected chi connectivity index (χ2v) is 3.95. The van der Waals surface area contributed by atoms with Gasteiger partial charge >= 0.3 is 0 Å². The molecule has 0 N–H and O–H groups in total. The van der Waals surface area contributed by atoms with E-state index >= 15 is 0 Å². The molecule has 0 aromatic heterocycles. The van der Waals surface area contributed by atoms with Crippen LogP contribution in [0.2, 0.25) is 0 Å². The summed E-state index contributed by atoms with van der Waals surface area (Å²) in [4.78, 5) is 11.8. The largest absolute Gasteiger partial charge is 0.294 e. The van der Waals surface area contributed by atoms with E-state index in [0.717, 1.165) is 24.8 Å². The normalized spacial score (nSPS) is 20.8. The molecule has 0 spiro atoms. The van der Waals surface area contributed by atoms with Crippen molar-refractivity contribution in [1.29, 1.82) is 0 Å². The smallest absolute Gasteiger partial charge is 0.164 e. The van der Waals surface area contributed by atoms with Crippen LogP contribution < -0.4 is 0 Å². The average Bonchev–Trinajstić information content (AvgIpc) is 2.52. The molecule has 0 heterocycles. The third kappa shape index (κ3) is 1.45. The van der Waals surface area contributed by atoms with Crippen molar-refractivity contribution in [2.24, 2.45) is 5.41 Å². The molecular formula is C11H18O. The van der Waals surface area contributed by atoms with Crippen LogP contribution in [0.25, 0.3) is 0 Å². The molecule has 0 aromatic rings. The van der Waals surface area contributed by atoms with Gasteiger partial charge in [-0.2, -0.15) is 0 Å². The van der Waals surface area contributed by atoms with E-state index in [0.29, 0.717) is 5.78 Å². The Balaban J connectivity index is 2.79. The third-order valence-corrected chi connectivity index (χ3v) is 3.11. The highest BCUT2D eigenvalue weighted by Gasteiger charge is 2.38. The van der Waals surface area contributed by atoms with Gasteiger partial charge in [0.15, 0.2) is 5.78 Å². The lowest BCUT2D eigenvalue weighted by atomic mass is 9.77. The molecule has 0 aliphatic heterocycles. The number of carbonyl (C=O) groups excluding carboxylic acids is 1. The van der Waals surface area contributed by atoms with E-state index in [1.165, 1.54) is 12.8 Å². The maximum absolute atomic E-state index is 11.8. The van der Waals surface area contributed by atoms with Gasteiger partial charge in [0.25, 0.3) is 0 Å². The number of Topliss-reactive ketones (excluding diaryl/α,β-unsaturated/α-hetero) is 1. The Morgan fingerprint density at radius 3 is 2.25 bits per heavy atom. The van der Waals surface area contributed by atoms with Crippen LogP contribution >= 0.6 is 0 Å². The van der Waals surface area contributed by atoms with E-state index in [4.69, 9.17) is 0 Å². The van der Waals surface area contributed by atoms with Gasteiger partial charge in [-0.25, -0.2) is 0 Å². The second-order valence-electron chi connectivity index (χ2n) is 3.95. The fourth-order valence-electron chi connectivity index (χ4n) is 2.25. The van der Waals surface area contributed by atoms with Crippen molar-refractivity contribution >= 4 is 5.78 Å². The van der Waals surface area contributed by atoms with Gasteiger partial charge < -0.3 is 0 Å². The van der Waals surface area contributed by atoms with Gasteiger partial charge in [-0.1, -0.05) is 26.3 Å². The first-order chi connectivity index (χ1) is 5.62. The third-order valence-electron chi connectivity index (χ3n) is 3.11. The quantitative estimate of drug-likeness (QED) is 0.589. The van der Waals surface area contributed by atoms with Crippen molar-refractivity contribution in [3.63, 3.8) is 0 Å². The van der Waals surface area contributed by atoms with Gasteiger partial charge in [0.2, 0.25) is 0 Å². The SMILES string of the molecule is C=C(C)C(=O)C1(CC)CCCC1. The average molecular weight is 166 g/mol. The molecule has 1 aliphatic carbocycles. The summed E-state index contributed by atoms with van der Waals surface area (Å²) in [6, 6.07) is 0. The molecule has 0 saturated heterocycles. The van der Waals surface area contributed by atoms with E-state index in [2.05, 4.69) is 13.5 Å². The van der Waals surface area contributed by atoms with E-state index in [-0.39, 0.29) is 5.41 Å². The summed E-state index contributed by atoms with van der Waals surface area (Å²) >= 11 is 0. The highest BCUT2D eigenvalue weighted by Crippen LogP contribution is 2.42. The predicted octanol–water partition coefficient (Wildman–Crippen LogP) is 3.10. The van der Waals surface area contributed by atoms with Crippen molar-refractivity contribution in [1.82, 2.24) is 0 Å². The Hall–Kier alpha value is -0.590. The van der Waals surface area contributed by atoms with Crippen LogP contribution in [0.1, 0.15) is 46.0 Å². The monoisotopic (exact) mass is 166 g/mol. The summed E-state index contributed by atoms with van der Waals surface area (Å²) in [6.07, 6.45) is 5.57. The predicted molar refractivity (Wildman–Crippen MR) is 51.0 cm³/mol. The van der Waals surface area contributed by atoms with E-state index in [1.807, 2.05) is 6.92 Å². The minimum atomic E-state index is -0.0220. The Morgan fingerprint density at radius 2 is 1.92 bits per heavy atom. The zero-order chi connectivity index (χ0) is 9.19. The van der Waals surface area contributed by atoms with E-state index in [1.54, 1.807) is 0 Å². The lowest BCUT2D eigenvalue weighted by molar-refractivity contribution is -0.124. The fourth-order valence-corrected chi connectivity index (χ4v) is 2.25. The maximum atomic E-state index is 11.8. The molecule has 0 unspecified atom stereocenters. The fraction of sp³-hybridized carbons (Fsp3) is 0.727. The summed E-state index contributed by atoms with van der Waals surface area (Å²) < 4.78 is 0. The van der Waals surface area contributed by atoms with Gasteiger partial charge in [0, 0.05) is 5.41 Å². The van der Waals surface area contributed by atoms with Gasteiger partial charge in [-0.15, -0.1) is 0 Å². The molecule has 12 heavy (non-hydrogen) atoms. The molecule has 0 amide bonds. The number of allylic oxidation sites excluding steroid dienone is 1. The van der Waals surface area contributed by atoms with Gasteiger partial charge in [0.1, 0.15) is 0 Å². The summed E-state index contributed by atoms with van der Waals surface area (Å²) in [5.74, 6) is 0.308. The molecule has 1 heteroatoms. The van der Waals surface area contributed by atoms with Crippen molar-refractivity contribution in [2.75, 3.05) is 0 Å². The second kappa shape index (κ2) is 3.42. The molecular weight excluding hydrogens is 148 g/mol. The Morgan fingerprint density at radius 1 is 1.42 bits per heavy atom. The molecule has 1 fully saturated rings. The lowest BCUT2D eigenvalue weighted by Crippen LogP contribution is -2.27. The van der Waals surface area contributed by atoms with Crippen molar-refractivity contribution < 1.29 is 4.79 Å². The van der Waals surface area contributed by atoms with Crippen LogP contribution in [0.4, 0.5) is 0 Å². The van der Waals surface area contributed by atoms with Gasteiger partial charge in [-0.3, -0.25) is 4.79 Å². The lowest BCUT2D eigenvalue weighted by Gasteiger charge is -2.25. The van der Waals surface area contributed by atoms with Crippen LogP contribution in [0.3, 0.4) is 0 Å². The number of carbonyl (C=O) groups is 1. The topological polar surface area (TPSA) is 17.1 Å². The van der Waals surface area contributed by atoms with Crippen molar-refractivity contribution in [3.8, 4) is 0 Å².